The van der Waals surface area contributed by atoms with Crippen LogP contribution in [0, 0.1) is 0 Å². The first-order valence-electron chi connectivity index (χ1n) is 9.25. The smallest absolute Gasteiger partial charge is 0.318 e. The Labute approximate surface area is 152 Å². The van der Waals surface area contributed by atoms with Crippen LogP contribution < -0.4 is 10.1 Å². The molecule has 0 bridgehead atoms. The molecule has 7 heteroatoms. The number of nitrogens with one attached hydrogen (secondary N) is 1. The number of hydrogen-bond acceptors (Lipinski definition) is 5. The molecule has 1 aliphatic carbocycles. The first kappa shape index (κ1) is 16.9. The molecule has 26 heavy (non-hydrogen) atoms. The Kier molecular flexibility index (Phi) is 4.77. The highest BCUT2D eigenvalue weighted by molar-refractivity contribution is 5.74. The Balaban J connectivity index is 1.42. The van der Waals surface area contributed by atoms with Gasteiger partial charge in [-0.3, -0.25) is 0 Å². The third-order valence-electron chi connectivity index (χ3n) is 5.03. The first-order chi connectivity index (χ1) is 12.7. The Morgan fingerprint density at radius 3 is 3.04 bits per heavy atom. The van der Waals surface area contributed by atoms with E-state index in [0.717, 1.165) is 49.2 Å². The van der Waals surface area contributed by atoms with Gasteiger partial charge in [0.2, 0.25) is 5.89 Å². The molecule has 4 rings (SSSR count). The minimum atomic E-state index is -0.131. The van der Waals surface area contributed by atoms with Gasteiger partial charge in [0.25, 0.3) is 0 Å². The summed E-state index contributed by atoms with van der Waals surface area (Å²) in [7, 11) is 1.64. The summed E-state index contributed by atoms with van der Waals surface area (Å²) in [6, 6.07) is 7.48. The number of ether oxygens (including phenoxy) is 1. The van der Waals surface area contributed by atoms with Gasteiger partial charge in [-0.25, -0.2) is 4.79 Å². The highest BCUT2D eigenvalue weighted by Gasteiger charge is 2.34. The van der Waals surface area contributed by atoms with Crippen molar-refractivity contribution in [2.75, 3.05) is 13.7 Å². The Morgan fingerprint density at radius 1 is 1.35 bits per heavy atom. The van der Waals surface area contributed by atoms with Gasteiger partial charge < -0.3 is 19.5 Å². The third-order valence-corrected chi connectivity index (χ3v) is 5.03. The number of carbonyl (C=O) groups excluding carboxylic acids is 1. The van der Waals surface area contributed by atoms with Crippen molar-refractivity contribution in [3.05, 3.63) is 41.5 Å². The molecule has 2 amide bonds. The summed E-state index contributed by atoms with van der Waals surface area (Å²) < 4.78 is 10.7. The molecule has 0 spiro atoms. The standard InChI is InChI=1S/C19H24N4O3/c1-25-15-6-4-5-13(11-15)12-20-19(24)23-10-3-2-7-16(23)18-21-17(22-26-18)14-8-9-14/h4-6,11,14,16H,2-3,7-10,12H2,1H3,(H,20,24)/t16-/m0/s1. The number of nitrogens with zero attached hydrogens (tertiary/aromatic N) is 3. The average molecular weight is 356 g/mol. The highest BCUT2D eigenvalue weighted by atomic mass is 16.5. The lowest BCUT2D eigenvalue weighted by molar-refractivity contribution is 0.131. The molecular weight excluding hydrogens is 332 g/mol. The van der Waals surface area contributed by atoms with E-state index in [-0.39, 0.29) is 12.1 Å². The van der Waals surface area contributed by atoms with E-state index in [2.05, 4.69) is 15.5 Å². The molecule has 1 aromatic carbocycles. The summed E-state index contributed by atoms with van der Waals surface area (Å²) in [5, 5.41) is 7.10. The monoisotopic (exact) mass is 356 g/mol. The summed E-state index contributed by atoms with van der Waals surface area (Å²) in [5.74, 6) is 2.60. The van der Waals surface area contributed by atoms with E-state index in [1.807, 2.05) is 29.2 Å². The second-order valence-electron chi connectivity index (χ2n) is 6.98. The predicted molar refractivity (Wildman–Crippen MR) is 94.8 cm³/mol. The summed E-state index contributed by atoms with van der Waals surface area (Å²) in [6.07, 6.45) is 5.18. The maximum atomic E-state index is 12.8. The van der Waals surface area contributed by atoms with Gasteiger partial charge in [-0.15, -0.1) is 0 Å². The van der Waals surface area contributed by atoms with Crippen LogP contribution in [0.1, 0.15) is 61.3 Å². The van der Waals surface area contributed by atoms with Crippen molar-refractivity contribution in [3.63, 3.8) is 0 Å². The lowest BCUT2D eigenvalue weighted by Gasteiger charge is -2.33. The van der Waals surface area contributed by atoms with Crippen LogP contribution in [0.5, 0.6) is 5.75 Å². The lowest BCUT2D eigenvalue weighted by Crippen LogP contribution is -2.44. The van der Waals surface area contributed by atoms with E-state index >= 15 is 0 Å². The molecule has 1 N–H and O–H groups in total. The third kappa shape index (κ3) is 3.66. The molecule has 0 radical (unpaired) electrons. The SMILES string of the molecule is COc1cccc(CNC(=O)N2CCCC[C@H]2c2nc(C3CC3)no2)c1. The molecule has 2 fully saturated rings. The van der Waals surface area contributed by atoms with Crippen LogP contribution in [0.15, 0.2) is 28.8 Å². The van der Waals surface area contributed by atoms with Crippen molar-refractivity contribution < 1.29 is 14.1 Å². The maximum Gasteiger partial charge on any atom is 0.318 e. The molecule has 2 aromatic rings. The quantitative estimate of drug-likeness (QED) is 0.888. The van der Waals surface area contributed by atoms with Crippen molar-refractivity contribution in [1.82, 2.24) is 20.4 Å². The van der Waals surface area contributed by atoms with Crippen molar-refractivity contribution in [2.45, 2.75) is 50.6 Å². The van der Waals surface area contributed by atoms with E-state index in [9.17, 15) is 4.79 Å². The van der Waals surface area contributed by atoms with Crippen molar-refractivity contribution >= 4 is 6.03 Å². The molecule has 2 aliphatic rings. The van der Waals surface area contributed by atoms with Crippen LogP contribution >= 0.6 is 0 Å². The second-order valence-corrected chi connectivity index (χ2v) is 6.98. The molecule has 0 unspecified atom stereocenters. The number of methoxy groups -OCH3 is 1. The Bertz CT molecular complexity index is 772. The number of likely N-dealkylation sites (tertiary alicyclic amines) is 1. The van der Waals surface area contributed by atoms with Gasteiger partial charge in [-0.2, -0.15) is 4.98 Å². The number of benzene rings is 1. The van der Waals surface area contributed by atoms with Gasteiger partial charge >= 0.3 is 6.03 Å². The number of hydrogen-bond donors (Lipinski definition) is 1. The normalized spacial score (nSPS) is 20.0. The number of amides is 2. The van der Waals surface area contributed by atoms with Crippen LogP contribution in [0.2, 0.25) is 0 Å². The molecule has 7 nitrogen and oxygen atoms in total. The zero-order chi connectivity index (χ0) is 17.9. The summed E-state index contributed by atoms with van der Waals surface area (Å²) in [6.45, 7) is 1.16. The fourth-order valence-corrected chi connectivity index (χ4v) is 3.38. The Morgan fingerprint density at radius 2 is 2.23 bits per heavy atom. The minimum absolute atomic E-state index is 0.0938. The molecule has 1 atom stereocenters. The predicted octanol–water partition coefficient (Wildman–Crippen LogP) is 3.39. The fourth-order valence-electron chi connectivity index (χ4n) is 3.38. The van der Waals surface area contributed by atoms with Gasteiger partial charge in [0.15, 0.2) is 5.82 Å². The highest BCUT2D eigenvalue weighted by Crippen LogP contribution is 2.39. The molecular formula is C19H24N4O3. The Hall–Kier alpha value is -2.57. The van der Waals surface area contributed by atoms with E-state index in [1.54, 1.807) is 7.11 Å². The molecule has 1 aliphatic heterocycles. The van der Waals surface area contributed by atoms with Gasteiger partial charge in [-0.1, -0.05) is 17.3 Å². The van der Waals surface area contributed by atoms with E-state index in [4.69, 9.17) is 9.26 Å². The first-order valence-corrected chi connectivity index (χ1v) is 9.25. The van der Waals surface area contributed by atoms with Crippen LogP contribution in [0.3, 0.4) is 0 Å². The molecule has 2 heterocycles. The zero-order valence-electron chi connectivity index (χ0n) is 15.0. The molecule has 1 saturated carbocycles. The number of piperidine rings is 1. The van der Waals surface area contributed by atoms with E-state index < -0.39 is 0 Å². The summed E-state index contributed by atoms with van der Waals surface area (Å²) in [5.41, 5.74) is 1.00. The number of urea groups is 1. The molecule has 1 saturated heterocycles. The van der Waals surface area contributed by atoms with Crippen LogP contribution in [-0.4, -0.2) is 34.7 Å². The molecule has 138 valence electrons. The largest absolute Gasteiger partial charge is 0.497 e. The van der Waals surface area contributed by atoms with Crippen LogP contribution in [0.25, 0.3) is 0 Å². The molecule has 1 aromatic heterocycles. The number of carbonyl (C=O) groups is 1. The van der Waals surface area contributed by atoms with E-state index in [1.165, 1.54) is 0 Å². The lowest BCUT2D eigenvalue weighted by atomic mass is 10.0. The summed E-state index contributed by atoms with van der Waals surface area (Å²) in [4.78, 5) is 19.1. The van der Waals surface area contributed by atoms with Gasteiger partial charge in [0, 0.05) is 19.0 Å². The summed E-state index contributed by atoms with van der Waals surface area (Å²) >= 11 is 0. The minimum Gasteiger partial charge on any atom is -0.497 e. The zero-order valence-corrected chi connectivity index (χ0v) is 15.0. The van der Waals surface area contributed by atoms with Crippen LogP contribution in [0.4, 0.5) is 4.79 Å². The van der Waals surface area contributed by atoms with Crippen LogP contribution in [-0.2, 0) is 6.54 Å². The maximum absolute atomic E-state index is 12.8. The number of rotatable bonds is 5. The number of aromatic nitrogens is 2. The van der Waals surface area contributed by atoms with E-state index in [0.29, 0.717) is 24.9 Å². The van der Waals surface area contributed by atoms with Crippen molar-refractivity contribution in [3.8, 4) is 5.75 Å². The van der Waals surface area contributed by atoms with Crippen molar-refractivity contribution in [2.24, 2.45) is 0 Å². The fraction of sp³-hybridized carbons (Fsp3) is 0.526. The second kappa shape index (κ2) is 7.35. The van der Waals surface area contributed by atoms with Gasteiger partial charge in [0.1, 0.15) is 11.8 Å². The topological polar surface area (TPSA) is 80.5 Å². The van der Waals surface area contributed by atoms with Gasteiger partial charge in [0.05, 0.1) is 7.11 Å². The van der Waals surface area contributed by atoms with Gasteiger partial charge in [-0.05, 0) is 49.8 Å². The van der Waals surface area contributed by atoms with Crippen molar-refractivity contribution in [1.29, 1.82) is 0 Å². The average Bonchev–Trinajstić information content (AvgIpc) is 3.43.